The summed E-state index contributed by atoms with van der Waals surface area (Å²) in [6.45, 7) is 0. The van der Waals surface area contributed by atoms with Gasteiger partial charge in [-0.3, -0.25) is 4.79 Å². The molecule has 0 heterocycles. The van der Waals surface area contributed by atoms with Gasteiger partial charge in [-0.1, -0.05) is 23.7 Å². The van der Waals surface area contributed by atoms with Crippen molar-refractivity contribution >= 4 is 27.2 Å². The van der Waals surface area contributed by atoms with Gasteiger partial charge in [0.1, 0.15) is 4.91 Å². The van der Waals surface area contributed by atoms with Gasteiger partial charge >= 0.3 is 0 Å². The van der Waals surface area contributed by atoms with Crippen molar-refractivity contribution in [2.75, 3.05) is 20.4 Å². The topological polar surface area (TPSA) is 54.5 Å². The van der Waals surface area contributed by atoms with Crippen molar-refractivity contribution in [3.63, 3.8) is 0 Å². The Hall–Kier alpha value is -1.33. The fourth-order valence-electron chi connectivity index (χ4n) is 1.33. The minimum absolute atomic E-state index is 0.251. The molecule has 0 bridgehead atoms. The van der Waals surface area contributed by atoms with Crippen LogP contribution in [0.15, 0.2) is 35.4 Å². The van der Waals surface area contributed by atoms with Gasteiger partial charge in [-0.05, 0) is 12.1 Å². The summed E-state index contributed by atoms with van der Waals surface area (Å²) in [4.78, 5) is 13.4. The highest BCUT2D eigenvalue weighted by Gasteiger charge is 2.22. The Morgan fingerprint density at radius 3 is 2.39 bits per heavy atom. The van der Waals surface area contributed by atoms with Crippen molar-refractivity contribution in [1.82, 2.24) is 4.90 Å². The molecule has 0 N–H and O–H groups in total. The third kappa shape index (κ3) is 3.85. The van der Waals surface area contributed by atoms with Crippen LogP contribution in [0, 0.1) is 0 Å². The molecule has 0 fully saturated rings. The van der Waals surface area contributed by atoms with E-state index in [0.29, 0.717) is 5.02 Å². The Bertz CT molecular complexity index is 591. The molecule has 1 aromatic rings. The van der Waals surface area contributed by atoms with Crippen molar-refractivity contribution < 1.29 is 13.2 Å². The molecule has 0 aliphatic carbocycles. The highest BCUT2D eigenvalue weighted by Crippen LogP contribution is 2.17. The van der Waals surface area contributed by atoms with Gasteiger partial charge in [0, 0.05) is 37.1 Å². The number of nitrogens with zero attached hydrogens (tertiary/aromatic N) is 1. The Balaban J connectivity index is 3.29. The molecule has 0 radical (unpaired) electrons. The van der Waals surface area contributed by atoms with Crippen molar-refractivity contribution in [3.8, 4) is 0 Å². The van der Waals surface area contributed by atoms with Gasteiger partial charge in [-0.2, -0.15) is 0 Å². The minimum Gasteiger partial charge on any atom is -0.382 e. The maximum atomic E-state index is 12.1. The summed E-state index contributed by atoms with van der Waals surface area (Å²) < 4.78 is 23.2. The number of benzene rings is 1. The van der Waals surface area contributed by atoms with Gasteiger partial charge in [0.2, 0.25) is 5.78 Å². The fourth-order valence-corrected chi connectivity index (χ4v) is 2.38. The summed E-state index contributed by atoms with van der Waals surface area (Å²) >= 11 is 5.78. The number of rotatable bonds is 4. The molecule has 0 saturated heterocycles. The van der Waals surface area contributed by atoms with E-state index in [1.165, 1.54) is 23.2 Å². The number of carbonyl (C=O) groups excluding carboxylic acids is 1. The molecule has 0 unspecified atom stereocenters. The summed E-state index contributed by atoms with van der Waals surface area (Å²) in [6.07, 6.45) is 2.29. The van der Waals surface area contributed by atoms with Crippen molar-refractivity contribution in [3.05, 3.63) is 46.0 Å². The maximum Gasteiger partial charge on any atom is 0.205 e. The fraction of sp³-hybridized carbons (Fsp3) is 0.250. The predicted octanol–water partition coefficient (Wildman–Crippen LogP) is 1.97. The van der Waals surface area contributed by atoms with Gasteiger partial charge in [-0.15, -0.1) is 0 Å². The van der Waals surface area contributed by atoms with Crippen LogP contribution in [0.5, 0.6) is 0 Å². The third-order valence-corrected chi connectivity index (χ3v) is 3.41. The molecule has 6 heteroatoms. The SMILES string of the molecule is CN(C)/C=C(/C(=O)c1cccc(Cl)c1)S(C)(=O)=O. The average Bonchev–Trinajstić information content (AvgIpc) is 2.23. The van der Waals surface area contributed by atoms with E-state index in [1.54, 1.807) is 26.2 Å². The molecule has 1 rings (SSSR count). The molecule has 98 valence electrons. The van der Waals surface area contributed by atoms with E-state index < -0.39 is 15.6 Å². The quantitative estimate of drug-likeness (QED) is 0.628. The highest BCUT2D eigenvalue weighted by atomic mass is 35.5. The average molecular weight is 288 g/mol. The van der Waals surface area contributed by atoms with Crippen LogP contribution in [0.3, 0.4) is 0 Å². The first kappa shape index (κ1) is 14.7. The molecule has 1 aromatic carbocycles. The second kappa shape index (κ2) is 5.54. The monoisotopic (exact) mass is 287 g/mol. The number of hydrogen-bond donors (Lipinski definition) is 0. The van der Waals surface area contributed by atoms with Gasteiger partial charge in [0.25, 0.3) is 0 Å². The van der Waals surface area contributed by atoms with Crippen LogP contribution in [-0.4, -0.2) is 39.5 Å². The van der Waals surface area contributed by atoms with Crippen molar-refractivity contribution in [2.24, 2.45) is 0 Å². The zero-order chi connectivity index (χ0) is 13.9. The highest BCUT2D eigenvalue weighted by molar-refractivity contribution is 7.95. The molecule has 0 atom stereocenters. The van der Waals surface area contributed by atoms with Crippen molar-refractivity contribution in [1.29, 1.82) is 0 Å². The minimum atomic E-state index is -3.59. The van der Waals surface area contributed by atoms with E-state index in [9.17, 15) is 13.2 Å². The van der Waals surface area contributed by atoms with E-state index in [-0.39, 0.29) is 10.5 Å². The van der Waals surface area contributed by atoms with E-state index in [1.807, 2.05) is 0 Å². The van der Waals surface area contributed by atoms with Crippen LogP contribution in [0.2, 0.25) is 5.02 Å². The van der Waals surface area contributed by atoms with E-state index >= 15 is 0 Å². The maximum absolute atomic E-state index is 12.1. The summed E-state index contributed by atoms with van der Waals surface area (Å²) in [6, 6.07) is 6.20. The van der Waals surface area contributed by atoms with Crippen LogP contribution >= 0.6 is 11.6 Å². The first-order chi connectivity index (χ1) is 8.21. The summed E-state index contributed by atoms with van der Waals surface area (Å²) in [7, 11) is -0.295. The smallest absolute Gasteiger partial charge is 0.205 e. The normalized spacial score (nSPS) is 12.3. The zero-order valence-electron chi connectivity index (χ0n) is 10.3. The van der Waals surface area contributed by atoms with E-state index in [4.69, 9.17) is 11.6 Å². The Morgan fingerprint density at radius 2 is 1.94 bits per heavy atom. The number of ketones is 1. The first-order valence-electron chi connectivity index (χ1n) is 5.10. The lowest BCUT2D eigenvalue weighted by atomic mass is 10.1. The Kier molecular flexibility index (Phi) is 4.53. The van der Waals surface area contributed by atoms with Crippen LogP contribution in [0.25, 0.3) is 0 Å². The molecule has 0 saturated carbocycles. The molecule has 18 heavy (non-hydrogen) atoms. The van der Waals surface area contributed by atoms with Crippen LogP contribution in [-0.2, 0) is 9.84 Å². The lowest BCUT2D eigenvalue weighted by Gasteiger charge is -2.10. The largest absolute Gasteiger partial charge is 0.382 e. The number of hydrogen-bond acceptors (Lipinski definition) is 4. The van der Waals surface area contributed by atoms with Crippen LogP contribution in [0.1, 0.15) is 10.4 Å². The van der Waals surface area contributed by atoms with E-state index in [2.05, 4.69) is 0 Å². The molecule has 0 amide bonds. The molecule has 0 aliphatic rings. The Morgan fingerprint density at radius 1 is 1.33 bits per heavy atom. The zero-order valence-corrected chi connectivity index (χ0v) is 11.9. The van der Waals surface area contributed by atoms with Gasteiger partial charge in [-0.25, -0.2) is 8.42 Å². The second-order valence-corrected chi connectivity index (χ2v) is 6.49. The number of halogens is 1. The van der Waals surface area contributed by atoms with Gasteiger partial charge < -0.3 is 4.90 Å². The number of Topliss-reactive ketones (excluding diaryl/α,β-unsaturated/α-hetero) is 1. The molecule has 0 spiro atoms. The lowest BCUT2D eigenvalue weighted by molar-refractivity contribution is 0.104. The number of carbonyl (C=O) groups is 1. The van der Waals surface area contributed by atoms with Gasteiger partial charge in [0.05, 0.1) is 0 Å². The third-order valence-electron chi connectivity index (χ3n) is 2.09. The summed E-state index contributed by atoms with van der Waals surface area (Å²) in [5, 5.41) is 0.388. The first-order valence-corrected chi connectivity index (χ1v) is 7.37. The van der Waals surface area contributed by atoms with Crippen LogP contribution < -0.4 is 0 Å². The summed E-state index contributed by atoms with van der Waals surface area (Å²) in [5.41, 5.74) is 0.251. The van der Waals surface area contributed by atoms with Gasteiger partial charge in [0.15, 0.2) is 9.84 Å². The van der Waals surface area contributed by atoms with Crippen molar-refractivity contribution in [2.45, 2.75) is 0 Å². The number of sulfone groups is 1. The second-order valence-electron chi connectivity index (χ2n) is 4.07. The summed E-state index contributed by atoms with van der Waals surface area (Å²) in [5.74, 6) is -0.561. The molecular formula is C12H14ClNO3S. The standard InChI is InChI=1S/C12H14ClNO3S/c1-14(2)8-11(18(3,16)17)12(15)9-5-4-6-10(13)7-9/h4-8H,1-3H3/b11-8-. The molecule has 4 nitrogen and oxygen atoms in total. The Labute approximate surface area is 112 Å². The molecular weight excluding hydrogens is 274 g/mol. The van der Waals surface area contributed by atoms with E-state index in [0.717, 1.165) is 6.26 Å². The lowest BCUT2D eigenvalue weighted by Crippen LogP contribution is -2.16. The van der Waals surface area contributed by atoms with Crippen LogP contribution in [0.4, 0.5) is 0 Å². The molecule has 0 aliphatic heterocycles. The molecule has 0 aromatic heterocycles. The number of allylic oxidation sites excluding steroid dienone is 1. The predicted molar refractivity (Wildman–Crippen MR) is 72.4 cm³/mol.